The van der Waals surface area contributed by atoms with Gasteiger partial charge in [0, 0.05) is 0 Å². The number of amides is 1. The van der Waals surface area contributed by atoms with Gasteiger partial charge in [0.25, 0.3) is 5.91 Å². The molecule has 24 heavy (non-hydrogen) atoms. The highest BCUT2D eigenvalue weighted by molar-refractivity contribution is 7.13. The predicted octanol–water partition coefficient (Wildman–Crippen LogP) is 3.12. The fourth-order valence-corrected chi connectivity index (χ4v) is 3.11. The van der Waals surface area contributed by atoms with Crippen molar-refractivity contribution in [3.05, 3.63) is 72.0 Å². The number of carbonyl (C=O) groups excluding carboxylic acids is 1. The van der Waals surface area contributed by atoms with Crippen molar-refractivity contribution in [2.24, 2.45) is 0 Å². The minimum Gasteiger partial charge on any atom is -0.314 e. The van der Waals surface area contributed by atoms with Crippen LogP contribution in [0.4, 0.5) is 5.13 Å². The van der Waals surface area contributed by atoms with Gasteiger partial charge < -0.3 is 4.57 Å². The van der Waals surface area contributed by atoms with Crippen LogP contribution in [0.5, 0.6) is 0 Å². The Bertz CT molecular complexity index is 965. The standard InChI is InChI=1S/C17H13N5OS/c23-16(20-17-21-19-11-24-17)15(12-6-2-1-3-7-12)22-10-18-13-8-4-5-9-14(13)22/h1-11,15H,(H,20,21,23). The first-order chi connectivity index (χ1) is 11.8. The molecule has 7 heteroatoms. The van der Waals surface area contributed by atoms with E-state index in [0.29, 0.717) is 5.13 Å². The first-order valence-electron chi connectivity index (χ1n) is 7.36. The molecule has 1 atom stereocenters. The van der Waals surface area contributed by atoms with Crippen LogP contribution in [0.1, 0.15) is 11.6 Å². The normalized spacial score (nSPS) is 12.2. The van der Waals surface area contributed by atoms with Gasteiger partial charge in [0.1, 0.15) is 11.6 Å². The molecule has 0 fully saturated rings. The van der Waals surface area contributed by atoms with Gasteiger partial charge in [0.15, 0.2) is 0 Å². The molecule has 6 nitrogen and oxygen atoms in total. The summed E-state index contributed by atoms with van der Waals surface area (Å²) in [6, 6.07) is 16.8. The Morgan fingerprint density at radius 3 is 2.67 bits per heavy atom. The molecule has 118 valence electrons. The number of para-hydroxylation sites is 2. The summed E-state index contributed by atoms with van der Waals surface area (Å²) in [5, 5.41) is 11.0. The zero-order valence-corrected chi connectivity index (χ0v) is 13.4. The topological polar surface area (TPSA) is 72.7 Å². The van der Waals surface area contributed by atoms with E-state index in [-0.39, 0.29) is 5.91 Å². The molecule has 1 N–H and O–H groups in total. The quantitative estimate of drug-likeness (QED) is 0.622. The Labute approximate surface area is 141 Å². The molecule has 0 aliphatic heterocycles. The van der Waals surface area contributed by atoms with E-state index in [0.717, 1.165) is 16.6 Å². The Hall–Kier alpha value is -3.06. The van der Waals surface area contributed by atoms with Crippen molar-refractivity contribution < 1.29 is 4.79 Å². The van der Waals surface area contributed by atoms with E-state index in [1.54, 1.807) is 11.8 Å². The van der Waals surface area contributed by atoms with E-state index >= 15 is 0 Å². The van der Waals surface area contributed by atoms with Crippen molar-refractivity contribution in [3.8, 4) is 0 Å². The van der Waals surface area contributed by atoms with Crippen LogP contribution in [0.15, 0.2) is 66.4 Å². The van der Waals surface area contributed by atoms with Gasteiger partial charge in [-0.05, 0) is 17.7 Å². The zero-order valence-electron chi connectivity index (χ0n) is 12.5. The maximum absolute atomic E-state index is 12.9. The van der Waals surface area contributed by atoms with Gasteiger partial charge in [-0.2, -0.15) is 0 Å². The van der Waals surface area contributed by atoms with E-state index < -0.39 is 6.04 Å². The SMILES string of the molecule is O=C(Nc1nncs1)C(c1ccccc1)n1cnc2ccccc21. The second kappa shape index (κ2) is 6.21. The third kappa shape index (κ3) is 2.65. The molecule has 1 amide bonds. The van der Waals surface area contributed by atoms with Crippen molar-refractivity contribution >= 4 is 33.4 Å². The lowest BCUT2D eigenvalue weighted by Crippen LogP contribution is -2.26. The summed E-state index contributed by atoms with van der Waals surface area (Å²) in [5.74, 6) is -0.180. The van der Waals surface area contributed by atoms with Gasteiger partial charge in [-0.1, -0.05) is 53.8 Å². The molecule has 2 heterocycles. The molecular formula is C17H13N5OS. The summed E-state index contributed by atoms with van der Waals surface area (Å²) in [5.41, 5.74) is 4.21. The number of nitrogens with zero attached hydrogens (tertiary/aromatic N) is 4. The van der Waals surface area contributed by atoms with Gasteiger partial charge in [0.2, 0.25) is 5.13 Å². The molecule has 0 aliphatic rings. The van der Waals surface area contributed by atoms with Crippen LogP contribution in [-0.4, -0.2) is 25.7 Å². The van der Waals surface area contributed by atoms with E-state index in [1.165, 1.54) is 11.3 Å². The van der Waals surface area contributed by atoms with E-state index in [9.17, 15) is 4.79 Å². The lowest BCUT2D eigenvalue weighted by molar-refractivity contribution is -0.118. The van der Waals surface area contributed by atoms with Gasteiger partial charge in [-0.15, -0.1) is 10.2 Å². The molecule has 4 aromatic rings. The van der Waals surface area contributed by atoms with Crippen LogP contribution in [-0.2, 0) is 4.79 Å². The number of fused-ring (bicyclic) bond motifs is 1. The van der Waals surface area contributed by atoms with Crippen molar-refractivity contribution in [2.75, 3.05) is 5.32 Å². The Morgan fingerprint density at radius 1 is 1.08 bits per heavy atom. The maximum atomic E-state index is 12.9. The monoisotopic (exact) mass is 335 g/mol. The van der Waals surface area contributed by atoms with Crippen molar-refractivity contribution in [1.29, 1.82) is 0 Å². The average Bonchev–Trinajstić information content (AvgIpc) is 3.27. The summed E-state index contributed by atoms with van der Waals surface area (Å²) in [7, 11) is 0. The van der Waals surface area contributed by atoms with Gasteiger partial charge in [0.05, 0.1) is 17.4 Å². The lowest BCUT2D eigenvalue weighted by atomic mass is 10.1. The summed E-state index contributed by atoms with van der Waals surface area (Å²) < 4.78 is 1.88. The molecule has 0 saturated carbocycles. The largest absolute Gasteiger partial charge is 0.314 e. The number of aromatic nitrogens is 4. The number of imidazole rings is 1. The maximum Gasteiger partial charge on any atom is 0.253 e. The number of nitrogens with one attached hydrogen (secondary N) is 1. The van der Waals surface area contributed by atoms with Crippen LogP contribution in [0.3, 0.4) is 0 Å². The van der Waals surface area contributed by atoms with Crippen LogP contribution in [0.2, 0.25) is 0 Å². The number of rotatable bonds is 4. The van der Waals surface area contributed by atoms with Crippen molar-refractivity contribution in [2.45, 2.75) is 6.04 Å². The predicted molar refractivity (Wildman–Crippen MR) is 92.9 cm³/mol. The van der Waals surface area contributed by atoms with E-state index in [4.69, 9.17) is 0 Å². The van der Waals surface area contributed by atoms with Gasteiger partial charge in [-0.3, -0.25) is 10.1 Å². The molecule has 0 spiro atoms. The first-order valence-corrected chi connectivity index (χ1v) is 8.24. The van der Waals surface area contributed by atoms with E-state index in [2.05, 4.69) is 20.5 Å². The molecule has 2 aromatic heterocycles. The third-order valence-corrected chi connectivity index (χ3v) is 4.32. The van der Waals surface area contributed by atoms with E-state index in [1.807, 2.05) is 59.2 Å². The number of hydrogen-bond donors (Lipinski definition) is 1. The number of benzene rings is 2. The van der Waals surface area contributed by atoms with Crippen LogP contribution in [0, 0.1) is 0 Å². The smallest absolute Gasteiger partial charge is 0.253 e. The van der Waals surface area contributed by atoms with Gasteiger partial charge in [-0.25, -0.2) is 4.98 Å². The second-order valence-electron chi connectivity index (χ2n) is 5.19. The second-order valence-corrected chi connectivity index (χ2v) is 6.02. The van der Waals surface area contributed by atoms with Crippen molar-refractivity contribution in [3.63, 3.8) is 0 Å². The van der Waals surface area contributed by atoms with Crippen molar-refractivity contribution in [1.82, 2.24) is 19.7 Å². The minimum atomic E-state index is -0.539. The summed E-state index contributed by atoms with van der Waals surface area (Å²) in [6.45, 7) is 0. The minimum absolute atomic E-state index is 0.180. The Morgan fingerprint density at radius 2 is 1.88 bits per heavy atom. The molecule has 0 aliphatic carbocycles. The summed E-state index contributed by atoms with van der Waals surface area (Å²) in [6.07, 6.45) is 1.70. The summed E-state index contributed by atoms with van der Waals surface area (Å²) in [4.78, 5) is 17.3. The Balaban J connectivity index is 1.80. The molecular weight excluding hydrogens is 322 g/mol. The van der Waals surface area contributed by atoms with Gasteiger partial charge >= 0.3 is 0 Å². The fraction of sp³-hybridized carbons (Fsp3) is 0.0588. The number of carbonyl (C=O) groups is 1. The first kappa shape index (κ1) is 14.5. The Kier molecular flexibility index (Phi) is 3.76. The highest BCUT2D eigenvalue weighted by Crippen LogP contribution is 2.25. The molecule has 0 bridgehead atoms. The molecule has 0 radical (unpaired) electrons. The fourth-order valence-electron chi connectivity index (χ4n) is 2.66. The molecule has 1 unspecified atom stereocenters. The molecule has 2 aromatic carbocycles. The molecule has 4 rings (SSSR count). The highest BCUT2D eigenvalue weighted by atomic mass is 32.1. The number of hydrogen-bond acceptors (Lipinski definition) is 5. The summed E-state index contributed by atoms with van der Waals surface area (Å²) >= 11 is 1.29. The third-order valence-electron chi connectivity index (χ3n) is 3.71. The lowest BCUT2D eigenvalue weighted by Gasteiger charge is -2.18. The average molecular weight is 335 g/mol. The highest BCUT2D eigenvalue weighted by Gasteiger charge is 2.24. The van der Waals surface area contributed by atoms with Crippen LogP contribution >= 0.6 is 11.3 Å². The zero-order chi connectivity index (χ0) is 16.4. The number of anilines is 1. The molecule has 0 saturated heterocycles. The van der Waals surface area contributed by atoms with Crippen LogP contribution in [0.25, 0.3) is 11.0 Å². The van der Waals surface area contributed by atoms with Crippen LogP contribution < -0.4 is 5.32 Å².